The van der Waals surface area contributed by atoms with Crippen LogP contribution in [0.25, 0.3) is 0 Å². The molecule has 1 aromatic rings. The highest BCUT2D eigenvalue weighted by Crippen LogP contribution is 2.55. The SMILES string of the molecule is CC(C)c1ccc(CNC23CC4CC(CC(C4)C2)C3)cc1. The number of hydrogen-bond donors (Lipinski definition) is 1. The van der Waals surface area contributed by atoms with Crippen molar-refractivity contribution < 1.29 is 0 Å². The summed E-state index contributed by atoms with van der Waals surface area (Å²) in [5.41, 5.74) is 3.40. The van der Waals surface area contributed by atoms with E-state index < -0.39 is 0 Å². The van der Waals surface area contributed by atoms with Crippen molar-refractivity contribution in [2.45, 2.75) is 70.4 Å². The lowest BCUT2D eigenvalue weighted by atomic mass is 9.53. The maximum absolute atomic E-state index is 3.99. The fourth-order valence-electron chi connectivity index (χ4n) is 5.64. The highest BCUT2D eigenvalue weighted by Gasteiger charge is 2.50. The summed E-state index contributed by atoms with van der Waals surface area (Å²) in [4.78, 5) is 0. The average Bonchev–Trinajstić information content (AvgIpc) is 2.44. The summed E-state index contributed by atoms with van der Waals surface area (Å²) < 4.78 is 0. The first-order chi connectivity index (χ1) is 10.1. The summed E-state index contributed by atoms with van der Waals surface area (Å²) in [6, 6.07) is 9.26. The van der Waals surface area contributed by atoms with Gasteiger partial charge in [-0.15, -0.1) is 0 Å². The Balaban J connectivity index is 1.42. The standard InChI is InChI=1S/C20H29N/c1-14(2)19-5-3-15(4-6-19)13-21-20-10-16-7-17(11-20)9-18(8-16)12-20/h3-6,14,16-18,21H,7-13H2,1-2H3. The van der Waals surface area contributed by atoms with Crippen LogP contribution < -0.4 is 5.32 Å². The second-order valence-electron chi connectivity index (χ2n) is 8.45. The van der Waals surface area contributed by atoms with E-state index in [1.54, 1.807) is 0 Å². The van der Waals surface area contributed by atoms with Crippen molar-refractivity contribution in [3.8, 4) is 0 Å². The van der Waals surface area contributed by atoms with Crippen LogP contribution in [0.3, 0.4) is 0 Å². The Kier molecular flexibility index (Phi) is 3.37. The molecule has 4 saturated carbocycles. The van der Waals surface area contributed by atoms with E-state index in [1.807, 2.05) is 0 Å². The van der Waals surface area contributed by atoms with Gasteiger partial charge < -0.3 is 5.32 Å². The Hall–Kier alpha value is -0.820. The topological polar surface area (TPSA) is 12.0 Å². The van der Waals surface area contributed by atoms with Crippen molar-refractivity contribution in [1.82, 2.24) is 5.32 Å². The van der Waals surface area contributed by atoms with Crippen molar-refractivity contribution >= 4 is 0 Å². The zero-order chi connectivity index (χ0) is 14.4. The maximum atomic E-state index is 3.99. The molecule has 4 bridgehead atoms. The molecule has 5 rings (SSSR count). The Morgan fingerprint density at radius 3 is 1.95 bits per heavy atom. The van der Waals surface area contributed by atoms with Crippen molar-refractivity contribution in [2.75, 3.05) is 0 Å². The van der Waals surface area contributed by atoms with Gasteiger partial charge in [0.1, 0.15) is 0 Å². The summed E-state index contributed by atoms with van der Waals surface area (Å²) in [5, 5.41) is 3.99. The van der Waals surface area contributed by atoms with Crippen LogP contribution in [0.5, 0.6) is 0 Å². The molecule has 0 unspecified atom stereocenters. The van der Waals surface area contributed by atoms with E-state index in [4.69, 9.17) is 0 Å². The molecular weight excluding hydrogens is 254 g/mol. The van der Waals surface area contributed by atoms with Crippen LogP contribution in [0.2, 0.25) is 0 Å². The van der Waals surface area contributed by atoms with Gasteiger partial charge in [-0.3, -0.25) is 0 Å². The molecule has 114 valence electrons. The van der Waals surface area contributed by atoms with Crippen LogP contribution in [0, 0.1) is 17.8 Å². The lowest BCUT2D eigenvalue weighted by Gasteiger charge is -2.57. The fourth-order valence-corrected chi connectivity index (χ4v) is 5.64. The van der Waals surface area contributed by atoms with Gasteiger partial charge in [0, 0.05) is 12.1 Å². The van der Waals surface area contributed by atoms with Gasteiger partial charge in [0.05, 0.1) is 0 Å². The maximum Gasteiger partial charge on any atom is 0.0210 e. The molecule has 0 radical (unpaired) electrons. The quantitative estimate of drug-likeness (QED) is 0.831. The van der Waals surface area contributed by atoms with Gasteiger partial charge in [0.15, 0.2) is 0 Å². The summed E-state index contributed by atoms with van der Waals surface area (Å²) in [6.07, 6.45) is 8.94. The third-order valence-corrected chi connectivity index (χ3v) is 6.35. The Labute approximate surface area is 129 Å². The van der Waals surface area contributed by atoms with Crippen molar-refractivity contribution in [2.24, 2.45) is 17.8 Å². The van der Waals surface area contributed by atoms with Crippen LogP contribution in [-0.2, 0) is 6.54 Å². The second kappa shape index (κ2) is 5.12. The molecule has 0 aliphatic heterocycles. The predicted molar refractivity (Wildman–Crippen MR) is 88.3 cm³/mol. The van der Waals surface area contributed by atoms with Gasteiger partial charge in [-0.25, -0.2) is 0 Å². The Morgan fingerprint density at radius 1 is 0.952 bits per heavy atom. The van der Waals surface area contributed by atoms with Crippen molar-refractivity contribution in [1.29, 1.82) is 0 Å². The minimum absolute atomic E-state index is 0.492. The van der Waals surface area contributed by atoms with E-state index in [2.05, 4.69) is 43.4 Å². The Bertz CT molecular complexity index is 464. The van der Waals surface area contributed by atoms with E-state index in [-0.39, 0.29) is 0 Å². The van der Waals surface area contributed by atoms with Crippen LogP contribution in [0.15, 0.2) is 24.3 Å². The van der Waals surface area contributed by atoms with Gasteiger partial charge in [-0.1, -0.05) is 38.1 Å². The van der Waals surface area contributed by atoms with Crippen molar-refractivity contribution in [3.05, 3.63) is 35.4 Å². The molecule has 0 heterocycles. The van der Waals surface area contributed by atoms with E-state index in [0.29, 0.717) is 11.5 Å². The van der Waals surface area contributed by atoms with Gasteiger partial charge >= 0.3 is 0 Å². The van der Waals surface area contributed by atoms with Gasteiger partial charge in [0.2, 0.25) is 0 Å². The molecule has 1 nitrogen and oxygen atoms in total. The predicted octanol–water partition coefficient (Wildman–Crippen LogP) is 4.87. The van der Waals surface area contributed by atoms with Gasteiger partial charge in [0.25, 0.3) is 0 Å². The molecule has 0 atom stereocenters. The molecule has 0 aromatic heterocycles. The number of nitrogens with one attached hydrogen (secondary N) is 1. The molecule has 21 heavy (non-hydrogen) atoms. The third-order valence-electron chi connectivity index (χ3n) is 6.35. The average molecular weight is 283 g/mol. The smallest absolute Gasteiger partial charge is 0.0210 e. The normalized spacial score (nSPS) is 37.4. The van der Waals surface area contributed by atoms with Gasteiger partial charge in [-0.05, 0) is 73.3 Å². The first-order valence-corrected chi connectivity index (χ1v) is 8.96. The molecule has 4 aliphatic rings. The van der Waals surface area contributed by atoms with Crippen LogP contribution in [0.4, 0.5) is 0 Å². The third kappa shape index (κ3) is 2.65. The minimum Gasteiger partial charge on any atom is -0.307 e. The lowest BCUT2D eigenvalue weighted by molar-refractivity contribution is -0.0206. The fraction of sp³-hybridized carbons (Fsp3) is 0.700. The Morgan fingerprint density at radius 2 is 1.48 bits per heavy atom. The van der Waals surface area contributed by atoms with Crippen LogP contribution in [-0.4, -0.2) is 5.54 Å². The zero-order valence-electron chi connectivity index (χ0n) is 13.6. The summed E-state index contributed by atoms with van der Waals surface area (Å²) in [6.45, 7) is 5.59. The highest BCUT2D eigenvalue weighted by molar-refractivity contribution is 5.25. The molecule has 0 amide bonds. The largest absolute Gasteiger partial charge is 0.307 e. The molecule has 1 N–H and O–H groups in total. The molecule has 4 fully saturated rings. The summed E-state index contributed by atoms with van der Waals surface area (Å²) >= 11 is 0. The number of hydrogen-bond acceptors (Lipinski definition) is 1. The first kappa shape index (κ1) is 13.8. The van der Waals surface area contributed by atoms with Crippen molar-refractivity contribution in [3.63, 3.8) is 0 Å². The molecular formula is C20H29N. The summed E-state index contributed by atoms with van der Waals surface area (Å²) in [7, 11) is 0. The van der Waals surface area contributed by atoms with Gasteiger partial charge in [-0.2, -0.15) is 0 Å². The number of benzene rings is 1. The highest BCUT2D eigenvalue weighted by atomic mass is 15.0. The molecule has 4 aliphatic carbocycles. The van der Waals surface area contributed by atoms with Crippen LogP contribution in [0.1, 0.15) is 69.4 Å². The molecule has 1 aromatic carbocycles. The van der Waals surface area contributed by atoms with E-state index in [9.17, 15) is 0 Å². The van der Waals surface area contributed by atoms with Crippen LogP contribution >= 0.6 is 0 Å². The minimum atomic E-state index is 0.492. The molecule has 0 spiro atoms. The van der Waals surface area contributed by atoms with E-state index >= 15 is 0 Å². The monoisotopic (exact) mass is 283 g/mol. The molecule has 1 heteroatoms. The first-order valence-electron chi connectivity index (χ1n) is 8.96. The molecule has 0 saturated heterocycles. The van der Waals surface area contributed by atoms with E-state index in [1.165, 1.54) is 49.7 Å². The summed E-state index contributed by atoms with van der Waals surface area (Å²) in [5.74, 6) is 3.74. The zero-order valence-corrected chi connectivity index (χ0v) is 13.6. The number of rotatable bonds is 4. The lowest BCUT2D eigenvalue weighted by Crippen LogP contribution is -2.58. The van der Waals surface area contributed by atoms with E-state index in [0.717, 1.165) is 24.3 Å². The second-order valence-corrected chi connectivity index (χ2v) is 8.45.